The standard InChI is InChI=1S/C26H27ClN4O3S/c1-18-2-8-21(9-3-18)28-24(32)20-6-4-19(5-7-20)17-35-25-29-22(27)16-23(30-25)31-12-10-26(11-13-31)33-14-15-34-26/h2-9,16H,10-15,17H2,1H3,(H,28,32). The number of aryl methyl sites for hydroxylation is 1. The van der Waals surface area contributed by atoms with Crippen LogP contribution in [0.15, 0.2) is 59.8 Å². The van der Waals surface area contributed by atoms with E-state index in [4.69, 9.17) is 26.1 Å². The molecule has 0 radical (unpaired) electrons. The Hall–Kier alpha value is -2.65. The van der Waals surface area contributed by atoms with Crippen molar-refractivity contribution < 1.29 is 14.3 Å². The first-order valence-electron chi connectivity index (χ1n) is 11.7. The number of hydrogen-bond acceptors (Lipinski definition) is 7. The van der Waals surface area contributed by atoms with E-state index < -0.39 is 5.79 Å². The molecule has 1 amide bonds. The van der Waals surface area contributed by atoms with E-state index in [1.54, 1.807) is 6.07 Å². The molecule has 0 unspecified atom stereocenters. The number of anilines is 2. The van der Waals surface area contributed by atoms with Crippen molar-refractivity contribution in [2.45, 2.75) is 36.5 Å². The Balaban J connectivity index is 1.17. The lowest BCUT2D eigenvalue weighted by atomic mass is 10.0. The molecular formula is C26H27ClN4O3S. The number of amides is 1. The molecule has 0 aliphatic carbocycles. The number of benzene rings is 2. The van der Waals surface area contributed by atoms with Gasteiger partial charge in [-0.1, -0.05) is 53.2 Å². The monoisotopic (exact) mass is 510 g/mol. The minimum Gasteiger partial charge on any atom is -0.356 e. The maximum atomic E-state index is 12.5. The SMILES string of the molecule is Cc1ccc(NC(=O)c2ccc(CSc3nc(Cl)cc(N4CCC5(CC4)OCCO5)n3)cc2)cc1. The molecule has 9 heteroatoms. The smallest absolute Gasteiger partial charge is 0.255 e. The molecule has 2 saturated heterocycles. The van der Waals surface area contributed by atoms with Crippen molar-refractivity contribution in [3.8, 4) is 0 Å². The summed E-state index contributed by atoms with van der Waals surface area (Å²) < 4.78 is 11.6. The molecule has 2 fully saturated rings. The Labute approximate surface area is 214 Å². The fraction of sp³-hybridized carbons (Fsp3) is 0.346. The Kier molecular flexibility index (Phi) is 7.24. The number of carbonyl (C=O) groups is 1. The molecule has 1 N–H and O–H groups in total. The van der Waals surface area contributed by atoms with Gasteiger partial charge in [-0.25, -0.2) is 9.97 Å². The van der Waals surface area contributed by atoms with E-state index >= 15 is 0 Å². The van der Waals surface area contributed by atoms with E-state index in [9.17, 15) is 4.79 Å². The highest BCUT2D eigenvalue weighted by atomic mass is 35.5. The van der Waals surface area contributed by atoms with E-state index in [0.29, 0.717) is 34.8 Å². The van der Waals surface area contributed by atoms with Gasteiger partial charge in [0.25, 0.3) is 5.91 Å². The highest BCUT2D eigenvalue weighted by molar-refractivity contribution is 7.98. The number of hydrogen-bond donors (Lipinski definition) is 1. The lowest BCUT2D eigenvalue weighted by Crippen LogP contribution is -2.45. The molecule has 2 aliphatic heterocycles. The summed E-state index contributed by atoms with van der Waals surface area (Å²) in [6, 6.07) is 17.1. The number of carbonyl (C=O) groups excluding carboxylic acids is 1. The van der Waals surface area contributed by atoms with Gasteiger partial charge in [-0.15, -0.1) is 0 Å². The maximum absolute atomic E-state index is 12.5. The normalized spacial score (nSPS) is 17.0. The maximum Gasteiger partial charge on any atom is 0.255 e. The minimum atomic E-state index is -0.423. The van der Waals surface area contributed by atoms with Crippen LogP contribution in [0.3, 0.4) is 0 Å². The van der Waals surface area contributed by atoms with Crippen molar-refractivity contribution in [1.82, 2.24) is 9.97 Å². The summed E-state index contributed by atoms with van der Waals surface area (Å²) in [5.74, 6) is 0.939. The lowest BCUT2D eigenvalue weighted by molar-refractivity contribution is -0.169. The average Bonchev–Trinajstić information content (AvgIpc) is 3.32. The van der Waals surface area contributed by atoms with Crippen LogP contribution in [-0.2, 0) is 15.2 Å². The first kappa shape index (κ1) is 24.1. The summed E-state index contributed by atoms with van der Waals surface area (Å²) in [5.41, 5.74) is 3.61. The van der Waals surface area contributed by atoms with Gasteiger partial charge in [0.05, 0.1) is 13.2 Å². The molecule has 3 heterocycles. The molecule has 2 aromatic carbocycles. The number of nitrogens with one attached hydrogen (secondary N) is 1. The molecule has 2 aliphatic rings. The molecule has 182 valence electrons. The Morgan fingerprint density at radius 1 is 1.06 bits per heavy atom. The van der Waals surface area contributed by atoms with Crippen LogP contribution >= 0.6 is 23.4 Å². The van der Waals surface area contributed by atoms with Crippen LogP contribution in [0, 0.1) is 6.92 Å². The van der Waals surface area contributed by atoms with Crippen molar-refractivity contribution in [3.63, 3.8) is 0 Å². The van der Waals surface area contributed by atoms with Crippen LogP contribution in [0.1, 0.15) is 34.3 Å². The lowest BCUT2D eigenvalue weighted by Gasteiger charge is -2.38. The van der Waals surface area contributed by atoms with Crippen molar-refractivity contribution >= 4 is 40.8 Å². The fourth-order valence-corrected chi connectivity index (χ4v) is 5.25. The van der Waals surface area contributed by atoms with E-state index in [1.165, 1.54) is 11.8 Å². The van der Waals surface area contributed by atoms with Crippen LogP contribution < -0.4 is 10.2 Å². The third-order valence-electron chi connectivity index (χ3n) is 6.22. The van der Waals surface area contributed by atoms with Crippen LogP contribution in [0.4, 0.5) is 11.5 Å². The molecule has 1 spiro atoms. The average molecular weight is 511 g/mol. The molecule has 3 aromatic rings. The zero-order valence-corrected chi connectivity index (χ0v) is 21.1. The number of ether oxygens (including phenoxy) is 2. The predicted octanol–water partition coefficient (Wildman–Crippen LogP) is 5.33. The third kappa shape index (κ3) is 5.95. The molecular weight excluding hydrogens is 484 g/mol. The van der Waals surface area contributed by atoms with Gasteiger partial charge in [0.1, 0.15) is 11.0 Å². The zero-order valence-electron chi connectivity index (χ0n) is 19.5. The molecule has 0 atom stereocenters. The highest BCUT2D eigenvalue weighted by Gasteiger charge is 2.40. The van der Waals surface area contributed by atoms with Gasteiger partial charge >= 0.3 is 0 Å². The van der Waals surface area contributed by atoms with Crippen LogP contribution in [0.25, 0.3) is 0 Å². The van der Waals surface area contributed by atoms with Gasteiger partial charge in [0, 0.05) is 49.0 Å². The molecule has 1 aromatic heterocycles. The Bertz CT molecular complexity index is 1170. The number of halogens is 1. The molecule has 7 nitrogen and oxygen atoms in total. The summed E-state index contributed by atoms with van der Waals surface area (Å²) in [6.07, 6.45) is 1.61. The van der Waals surface area contributed by atoms with E-state index in [1.807, 2.05) is 55.5 Å². The summed E-state index contributed by atoms with van der Waals surface area (Å²) in [5, 5.41) is 3.98. The first-order valence-corrected chi connectivity index (χ1v) is 13.0. The second kappa shape index (κ2) is 10.5. The number of nitrogens with zero attached hydrogens (tertiary/aromatic N) is 3. The van der Waals surface area contributed by atoms with Crippen molar-refractivity contribution in [2.75, 3.05) is 36.5 Å². The van der Waals surface area contributed by atoms with Crippen molar-refractivity contribution in [2.24, 2.45) is 0 Å². The van der Waals surface area contributed by atoms with Crippen molar-refractivity contribution in [3.05, 3.63) is 76.4 Å². The molecule has 0 saturated carbocycles. The van der Waals surface area contributed by atoms with Gasteiger partial charge in [-0.2, -0.15) is 0 Å². The first-order chi connectivity index (χ1) is 17.0. The van der Waals surface area contributed by atoms with Crippen LogP contribution in [-0.4, -0.2) is 48.0 Å². The topological polar surface area (TPSA) is 76.6 Å². The van der Waals surface area contributed by atoms with E-state index in [-0.39, 0.29) is 5.91 Å². The number of thioether (sulfide) groups is 1. The second-order valence-corrected chi connectivity index (χ2v) is 10.1. The Morgan fingerprint density at radius 3 is 2.43 bits per heavy atom. The van der Waals surface area contributed by atoms with E-state index in [2.05, 4.69) is 15.2 Å². The number of aromatic nitrogens is 2. The van der Waals surface area contributed by atoms with Gasteiger partial charge in [0.2, 0.25) is 0 Å². The van der Waals surface area contributed by atoms with Crippen LogP contribution in [0.5, 0.6) is 0 Å². The summed E-state index contributed by atoms with van der Waals surface area (Å²) in [6.45, 7) is 4.94. The highest BCUT2D eigenvalue weighted by Crippen LogP contribution is 2.34. The van der Waals surface area contributed by atoms with Gasteiger partial charge in [-0.05, 0) is 36.8 Å². The number of rotatable bonds is 6. The predicted molar refractivity (Wildman–Crippen MR) is 138 cm³/mol. The summed E-state index contributed by atoms with van der Waals surface area (Å²) in [7, 11) is 0. The minimum absolute atomic E-state index is 0.132. The van der Waals surface area contributed by atoms with E-state index in [0.717, 1.165) is 48.6 Å². The van der Waals surface area contributed by atoms with Gasteiger partial charge < -0.3 is 19.7 Å². The molecule has 5 rings (SSSR count). The largest absolute Gasteiger partial charge is 0.356 e. The van der Waals surface area contributed by atoms with Gasteiger partial charge in [-0.3, -0.25) is 4.79 Å². The van der Waals surface area contributed by atoms with Crippen LogP contribution in [0.2, 0.25) is 5.15 Å². The Morgan fingerprint density at radius 2 is 1.74 bits per heavy atom. The fourth-order valence-electron chi connectivity index (χ4n) is 4.21. The third-order valence-corrected chi connectivity index (χ3v) is 7.33. The molecule has 0 bridgehead atoms. The summed E-state index contributed by atoms with van der Waals surface area (Å²) in [4.78, 5) is 23.9. The number of piperidine rings is 1. The zero-order chi connectivity index (χ0) is 24.3. The quantitative estimate of drug-likeness (QED) is 0.273. The van der Waals surface area contributed by atoms with Crippen molar-refractivity contribution in [1.29, 1.82) is 0 Å². The van der Waals surface area contributed by atoms with Gasteiger partial charge in [0.15, 0.2) is 10.9 Å². The summed E-state index contributed by atoms with van der Waals surface area (Å²) >= 11 is 7.84. The molecule has 35 heavy (non-hydrogen) atoms. The second-order valence-electron chi connectivity index (χ2n) is 8.73.